The fourth-order valence-electron chi connectivity index (χ4n) is 2.34. The van der Waals surface area contributed by atoms with E-state index in [9.17, 15) is 4.79 Å². The summed E-state index contributed by atoms with van der Waals surface area (Å²) in [6, 6.07) is 8.32. The highest BCUT2D eigenvalue weighted by atomic mass is 127. The number of esters is 1. The van der Waals surface area contributed by atoms with Gasteiger partial charge in [-0.3, -0.25) is 4.79 Å². The number of benzene rings is 1. The van der Waals surface area contributed by atoms with E-state index in [0.717, 1.165) is 19.3 Å². The standard InChI is InChI=1S/C15H19IO2/c1-11(10-12-6-8-13(16)9-7-12)15(17)18-14-4-2-3-5-14/h6-9,11,14H,2-5,10H2,1H3. The van der Waals surface area contributed by atoms with Crippen LogP contribution in [0.15, 0.2) is 24.3 Å². The molecule has 2 rings (SSSR count). The van der Waals surface area contributed by atoms with E-state index in [1.807, 2.05) is 6.92 Å². The van der Waals surface area contributed by atoms with Gasteiger partial charge in [-0.25, -0.2) is 0 Å². The van der Waals surface area contributed by atoms with Gasteiger partial charge in [-0.05, 0) is 72.4 Å². The van der Waals surface area contributed by atoms with Crippen LogP contribution in [0.3, 0.4) is 0 Å². The zero-order chi connectivity index (χ0) is 13.0. The lowest BCUT2D eigenvalue weighted by Gasteiger charge is -2.16. The average molecular weight is 358 g/mol. The smallest absolute Gasteiger partial charge is 0.309 e. The number of hydrogen-bond acceptors (Lipinski definition) is 2. The summed E-state index contributed by atoms with van der Waals surface area (Å²) in [6.45, 7) is 1.95. The molecule has 1 aromatic rings. The molecule has 2 nitrogen and oxygen atoms in total. The number of hydrogen-bond donors (Lipinski definition) is 0. The van der Waals surface area contributed by atoms with Crippen molar-refractivity contribution in [2.45, 2.75) is 45.1 Å². The number of ether oxygens (including phenoxy) is 1. The largest absolute Gasteiger partial charge is 0.462 e. The van der Waals surface area contributed by atoms with Gasteiger partial charge in [0.2, 0.25) is 0 Å². The summed E-state index contributed by atoms with van der Waals surface area (Å²) in [6.07, 6.45) is 5.43. The summed E-state index contributed by atoms with van der Waals surface area (Å²) < 4.78 is 6.75. The molecule has 0 aliphatic heterocycles. The Kier molecular flexibility index (Phi) is 5.03. The quantitative estimate of drug-likeness (QED) is 0.602. The summed E-state index contributed by atoms with van der Waals surface area (Å²) in [5, 5.41) is 0. The van der Waals surface area contributed by atoms with Crippen LogP contribution < -0.4 is 0 Å². The zero-order valence-electron chi connectivity index (χ0n) is 10.7. The predicted molar refractivity (Wildman–Crippen MR) is 80.4 cm³/mol. The van der Waals surface area contributed by atoms with Gasteiger partial charge in [0.05, 0.1) is 5.92 Å². The number of carbonyl (C=O) groups excluding carboxylic acids is 1. The summed E-state index contributed by atoms with van der Waals surface area (Å²) >= 11 is 2.28. The number of carbonyl (C=O) groups is 1. The van der Waals surface area contributed by atoms with E-state index in [1.165, 1.54) is 22.0 Å². The molecule has 0 amide bonds. The van der Waals surface area contributed by atoms with Crippen molar-refractivity contribution in [2.75, 3.05) is 0 Å². The second-order valence-electron chi connectivity index (χ2n) is 5.07. The minimum absolute atomic E-state index is 0.0412. The Bertz CT molecular complexity index is 393. The predicted octanol–water partition coefficient (Wildman–Crippen LogP) is 3.96. The van der Waals surface area contributed by atoms with E-state index in [0.29, 0.717) is 0 Å². The average Bonchev–Trinajstić information content (AvgIpc) is 2.85. The second-order valence-corrected chi connectivity index (χ2v) is 6.32. The van der Waals surface area contributed by atoms with Crippen LogP contribution in [-0.4, -0.2) is 12.1 Å². The summed E-state index contributed by atoms with van der Waals surface area (Å²) in [4.78, 5) is 11.9. The van der Waals surface area contributed by atoms with Crippen LogP contribution >= 0.6 is 22.6 Å². The highest BCUT2D eigenvalue weighted by Gasteiger charge is 2.22. The third-order valence-corrected chi connectivity index (χ3v) is 4.16. The molecule has 0 aromatic heterocycles. The monoisotopic (exact) mass is 358 g/mol. The maximum Gasteiger partial charge on any atom is 0.309 e. The van der Waals surface area contributed by atoms with E-state index < -0.39 is 0 Å². The number of halogens is 1. The molecule has 1 fully saturated rings. The van der Waals surface area contributed by atoms with Crippen LogP contribution in [0.5, 0.6) is 0 Å². The minimum atomic E-state index is -0.0503. The Labute approximate surface area is 122 Å². The van der Waals surface area contributed by atoms with E-state index in [-0.39, 0.29) is 18.0 Å². The number of rotatable bonds is 4. The molecule has 1 saturated carbocycles. The van der Waals surface area contributed by atoms with Gasteiger partial charge in [-0.2, -0.15) is 0 Å². The van der Waals surface area contributed by atoms with Crippen molar-refractivity contribution < 1.29 is 9.53 Å². The molecule has 0 heterocycles. The molecular formula is C15H19IO2. The molecule has 0 radical (unpaired) electrons. The molecule has 0 spiro atoms. The highest BCUT2D eigenvalue weighted by molar-refractivity contribution is 14.1. The van der Waals surface area contributed by atoms with Gasteiger partial charge >= 0.3 is 5.97 Å². The van der Waals surface area contributed by atoms with E-state index >= 15 is 0 Å². The van der Waals surface area contributed by atoms with E-state index in [2.05, 4.69) is 46.9 Å². The molecule has 1 aliphatic carbocycles. The lowest BCUT2D eigenvalue weighted by molar-refractivity contribution is -0.153. The zero-order valence-corrected chi connectivity index (χ0v) is 12.9. The fourth-order valence-corrected chi connectivity index (χ4v) is 2.70. The van der Waals surface area contributed by atoms with Crippen molar-refractivity contribution in [3.05, 3.63) is 33.4 Å². The van der Waals surface area contributed by atoms with Crippen molar-refractivity contribution in [3.63, 3.8) is 0 Å². The first-order valence-electron chi connectivity index (χ1n) is 6.60. The van der Waals surface area contributed by atoms with Crippen molar-refractivity contribution in [3.8, 4) is 0 Å². The molecule has 1 aliphatic rings. The Morgan fingerprint density at radius 1 is 1.33 bits per heavy atom. The first-order valence-corrected chi connectivity index (χ1v) is 7.68. The van der Waals surface area contributed by atoms with Gasteiger partial charge in [0.15, 0.2) is 0 Å². The summed E-state index contributed by atoms with van der Waals surface area (Å²) in [5.41, 5.74) is 1.20. The second kappa shape index (κ2) is 6.55. The molecule has 0 saturated heterocycles. The Morgan fingerprint density at radius 2 is 1.94 bits per heavy atom. The first kappa shape index (κ1) is 13.8. The van der Waals surface area contributed by atoms with Gasteiger partial charge in [0.25, 0.3) is 0 Å². The van der Waals surface area contributed by atoms with Crippen LogP contribution in [0, 0.1) is 9.49 Å². The topological polar surface area (TPSA) is 26.3 Å². The molecular weight excluding hydrogens is 339 g/mol. The van der Waals surface area contributed by atoms with Crippen LogP contribution in [-0.2, 0) is 16.0 Å². The van der Waals surface area contributed by atoms with Crippen LogP contribution in [0.4, 0.5) is 0 Å². The van der Waals surface area contributed by atoms with Gasteiger partial charge in [-0.1, -0.05) is 19.1 Å². The SMILES string of the molecule is CC(Cc1ccc(I)cc1)C(=O)OC1CCCC1. The lowest BCUT2D eigenvalue weighted by Crippen LogP contribution is -2.22. The molecule has 0 N–H and O–H groups in total. The van der Waals surface area contributed by atoms with Crippen LogP contribution in [0.1, 0.15) is 38.2 Å². The Hall–Kier alpha value is -0.580. The van der Waals surface area contributed by atoms with Crippen molar-refractivity contribution >= 4 is 28.6 Å². The first-order chi connectivity index (χ1) is 8.65. The van der Waals surface area contributed by atoms with Crippen molar-refractivity contribution in [1.29, 1.82) is 0 Å². The molecule has 18 heavy (non-hydrogen) atoms. The molecule has 0 bridgehead atoms. The van der Waals surface area contributed by atoms with Crippen molar-refractivity contribution in [1.82, 2.24) is 0 Å². The molecule has 3 heteroatoms. The van der Waals surface area contributed by atoms with Crippen LogP contribution in [0.2, 0.25) is 0 Å². The van der Waals surface area contributed by atoms with Gasteiger partial charge in [0, 0.05) is 3.57 Å². The third kappa shape index (κ3) is 3.97. The van der Waals surface area contributed by atoms with Crippen LogP contribution in [0.25, 0.3) is 0 Å². The Morgan fingerprint density at radius 3 is 2.56 bits per heavy atom. The third-order valence-electron chi connectivity index (χ3n) is 3.44. The van der Waals surface area contributed by atoms with E-state index in [1.54, 1.807) is 0 Å². The lowest BCUT2D eigenvalue weighted by atomic mass is 10.0. The highest BCUT2D eigenvalue weighted by Crippen LogP contribution is 2.22. The fraction of sp³-hybridized carbons (Fsp3) is 0.533. The molecule has 1 atom stereocenters. The maximum absolute atomic E-state index is 11.9. The van der Waals surface area contributed by atoms with Gasteiger partial charge in [-0.15, -0.1) is 0 Å². The molecule has 1 unspecified atom stereocenters. The summed E-state index contributed by atoms with van der Waals surface area (Å²) in [7, 11) is 0. The normalized spacial score (nSPS) is 17.7. The van der Waals surface area contributed by atoms with Gasteiger partial charge in [0.1, 0.15) is 6.10 Å². The minimum Gasteiger partial charge on any atom is -0.462 e. The molecule has 1 aromatic carbocycles. The molecule has 98 valence electrons. The van der Waals surface area contributed by atoms with Gasteiger partial charge < -0.3 is 4.74 Å². The van der Waals surface area contributed by atoms with E-state index in [4.69, 9.17) is 4.74 Å². The van der Waals surface area contributed by atoms with Crippen molar-refractivity contribution in [2.24, 2.45) is 5.92 Å². The Balaban J connectivity index is 1.84. The summed E-state index contributed by atoms with van der Waals surface area (Å²) in [5.74, 6) is -0.0916. The maximum atomic E-state index is 11.9.